The third kappa shape index (κ3) is 2.48. The highest BCUT2D eigenvalue weighted by Gasteiger charge is 1.99. The maximum absolute atomic E-state index is 4.24. The monoisotopic (exact) mass is 228 g/mol. The lowest BCUT2D eigenvalue weighted by atomic mass is 10.3. The van der Waals surface area contributed by atoms with Crippen LogP contribution in [0.5, 0.6) is 0 Å². The van der Waals surface area contributed by atoms with Crippen molar-refractivity contribution < 1.29 is 0 Å². The first-order valence-corrected chi connectivity index (χ1v) is 4.77. The molecule has 0 amide bonds. The van der Waals surface area contributed by atoms with Crippen LogP contribution in [0, 0.1) is 6.92 Å². The third-order valence-corrected chi connectivity index (χ3v) is 2.33. The normalized spacial score (nSPS) is 10.4. The first-order chi connectivity index (χ1) is 5.59. The van der Waals surface area contributed by atoms with Gasteiger partial charge in [0.25, 0.3) is 0 Å². The molecule has 0 aliphatic carbocycles. The van der Waals surface area contributed by atoms with Gasteiger partial charge in [0, 0.05) is 16.7 Å². The van der Waals surface area contributed by atoms with Crippen LogP contribution in [-0.2, 0) is 0 Å². The van der Waals surface area contributed by atoms with Gasteiger partial charge >= 0.3 is 0 Å². The molecule has 2 nitrogen and oxygen atoms in total. The lowest BCUT2D eigenvalue weighted by molar-refractivity contribution is 0.888. The molecule has 1 aromatic rings. The van der Waals surface area contributed by atoms with Crippen molar-refractivity contribution in [2.24, 2.45) is 0 Å². The summed E-state index contributed by atoms with van der Waals surface area (Å²) in [6.07, 6.45) is 1.86. The van der Waals surface area contributed by atoms with E-state index in [4.69, 9.17) is 0 Å². The Morgan fingerprint density at radius 2 is 2.17 bits per heavy atom. The first kappa shape index (κ1) is 9.52. The average molecular weight is 229 g/mol. The number of nitrogens with one attached hydrogen (secondary N) is 1. The number of anilines is 1. The Morgan fingerprint density at radius 1 is 1.50 bits per heavy atom. The first-order valence-electron chi connectivity index (χ1n) is 3.98. The summed E-state index contributed by atoms with van der Waals surface area (Å²) >= 11 is 3.46. The van der Waals surface area contributed by atoms with E-state index in [1.54, 1.807) is 0 Å². The summed E-state index contributed by atoms with van der Waals surface area (Å²) in [7, 11) is 0. The van der Waals surface area contributed by atoms with Crippen molar-refractivity contribution in [1.29, 1.82) is 0 Å². The number of hydrogen-bond donors (Lipinski definition) is 1. The Bertz CT molecular complexity index is 271. The Morgan fingerprint density at radius 3 is 2.67 bits per heavy atom. The number of nitrogens with zero attached hydrogens (tertiary/aromatic N) is 1. The zero-order valence-electron chi connectivity index (χ0n) is 7.56. The van der Waals surface area contributed by atoms with Crippen molar-refractivity contribution in [1.82, 2.24) is 4.98 Å². The van der Waals surface area contributed by atoms with E-state index >= 15 is 0 Å². The molecular weight excluding hydrogens is 216 g/mol. The highest BCUT2D eigenvalue weighted by molar-refractivity contribution is 9.10. The Kier molecular flexibility index (Phi) is 3.09. The molecule has 0 aromatic carbocycles. The smallest absolute Gasteiger partial charge is 0.127 e. The molecule has 66 valence electrons. The van der Waals surface area contributed by atoms with Crippen molar-refractivity contribution in [3.05, 3.63) is 22.3 Å². The van der Waals surface area contributed by atoms with Crippen LogP contribution in [0.25, 0.3) is 0 Å². The molecule has 0 fully saturated rings. The number of aryl methyl sites for hydroxylation is 1. The van der Waals surface area contributed by atoms with Crippen molar-refractivity contribution in [3.8, 4) is 0 Å². The SMILES string of the molecule is Cc1cnc(NC(C)C)cc1Br. The molecular formula is C9H13BrN2. The molecule has 0 unspecified atom stereocenters. The van der Waals surface area contributed by atoms with Crippen LogP contribution in [0.1, 0.15) is 19.4 Å². The van der Waals surface area contributed by atoms with Crippen LogP contribution in [0.3, 0.4) is 0 Å². The molecule has 0 saturated carbocycles. The fraction of sp³-hybridized carbons (Fsp3) is 0.444. The van der Waals surface area contributed by atoms with E-state index in [9.17, 15) is 0 Å². The van der Waals surface area contributed by atoms with E-state index in [1.807, 2.05) is 19.2 Å². The van der Waals surface area contributed by atoms with Gasteiger partial charge in [-0.1, -0.05) is 15.9 Å². The van der Waals surface area contributed by atoms with Crippen LogP contribution in [-0.4, -0.2) is 11.0 Å². The van der Waals surface area contributed by atoms with Crippen LogP contribution in [0.2, 0.25) is 0 Å². The molecule has 1 aromatic heterocycles. The van der Waals surface area contributed by atoms with Crippen molar-refractivity contribution in [3.63, 3.8) is 0 Å². The minimum absolute atomic E-state index is 0.423. The number of rotatable bonds is 2. The minimum atomic E-state index is 0.423. The largest absolute Gasteiger partial charge is 0.368 e. The lowest BCUT2D eigenvalue weighted by Gasteiger charge is -2.09. The minimum Gasteiger partial charge on any atom is -0.368 e. The zero-order valence-corrected chi connectivity index (χ0v) is 9.14. The van der Waals surface area contributed by atoms with Gasteiger partial charge in [0.15, 0.2) is 0 Å². The lowest BCUT2D eigenvalue weighted by Crippen LogP contribution is -2.10. The molecule has 1 rings (SSSR count). The van der Waals surface area contributed by atoms with Crippen molar-refractivity contribution in [2.45, 2.75) is 26.8 Å². The molecule has 1 heterocycles. The van der Waals surface area contributed by atoms with Crippen LogP contribution < -0.4 is 5.32 Å². The molecule has 0 atom stereocenters. The second-order valence-corrected chi connectivity index (χ2v) is 3.97. The Hall–Kier alpha value is -0.570. The molecule has 12 heavy (non-hydrogen) atoms. The molecule has 3 heteroatoms. The van der Waals surface area contributed by atoms with Gasteiger partial charge in [0.2, 0.25) is 0 Å². The number of pyridine rings is 1. The fourth-order valence-electron chi connectivity index (χ4n) is 0.874. The van der Waals surface area contributed by atoms with Gasteiger partial charge in [-0.2, -0.15) is 0 Å². The molecule has 0 aliphatic rings. The van der Waals surface area contributed by atoms with Crippen LogP contribution in [0.15, 0.2) is 16.7 Å². The highest BCUT2D eigenvalue weighted by atomic mass is 79.9. The number of aromatic nitrogens is 1. The summed E-state index contributed by atoms with van der Waals surface area (Å²) in [5.74, 6) is 0.919. The van der Waals surface area contributed by atoms with E-state index in [1.165, 1.54) is 0 Å². The molecule has 0 spiro atoms. The summed E-state index contributed by atoms with van der Waals surface area (Å²) in [5, 5.41) is 3.23. The van der Waals surface area contributed by atoms with Gasteiger partial charge in [-0.15, -0.1) is 0 Å². The Labute approximate surface area is 81.5 Å². The summed E-state index contributed by atoms with van der Waals surface area (Å²) < 4.78 is 1.10. The topological polar surface area (TPSA) is 24.9 Å². The third-order valence-electron chi connectivity index (χ3n) is 1.47. The average Bonchev–Trinajstić information content (AvgIpc) is 1.96. The molecule has 0 aliphatic heterocycles. The maximum atomic E-state index is 4.24. The van der Waals surface area contributed by atoms with E-state index in [0.717, 1.165) is 15.9 Å². The van der Waals surface area contributed by atoms with E-state index in [2.05, 4.69) is 40.1 Å². The molecule has 0 saturated heterocycles. The molecule has 0 radical (unpaired) electrons. The van der Waals surface area contributed by atoms with Gasteiger partial charge in [0.1, 0.15) is 5.82 Å². The van der Waals surface area contributed by atoms with E-state index in [-0.39, 0.29) is 0 Å². The zero-order chi connectivity index (χ0) is 9.14. The summed E-state index contributed by atoms with van der Waals surface area (Å²) in [4.78, 5) is 4.24. The van der Waals surface area contributed by atoms with E-state index in [0.29, 0.717) is 6.04 Å². The summed E-state index contributed by atoms with van der Waals surface area (Å²) in [5.41, 5.74) is 1.16. The van der Waals surface area contributed by atoms with Crippen molar-refractivity contribution in [2.75, 3.05) is 5.32 Å². The molecule has 1 N–H and O–H groups in total. The van der Waals surface area contributed by atoms with Gasteiger partial charge in [0.05, 0.1) is 0 Å². The fourth-order valence-corrected chi connectivity index (χ4v) is 1.19. The molecule has 0 bridgehead atoms. The number of halogens is 1. The number of hydrogen-bond acceptors (Lipinski definition) is 2. The van der Waals surface area contributed by atoms with Gasteiger partial charge in [-0.3, -0.25) is 0 Å². The predicted octanol–water partition coefficient (Wildman–Crippen LogP) is 2.97. The predicted molar refractivity (Wildman–Crippen MR) is 55.4 cm³/mol. The van der Waals surface area contributed by atoms with Gasteiger partial charge < -0.3 is 5.32 Å². The second kappa shape index (κ2) is 3.90. The maximum Gasteiger partial charge on any atom is 0.127 e. The summed E-state index contributed by atoms with van der Waals surface area (Å²) in [6, 6.07) is 2.42. The van der Waals surface area contributed by atoms with Crippen LogP contribution in [0.4, 0.5) is 5.82 Å². The van der Waals surface area contributed by atoms with Crippen LogP contribution >= 0.6 is 15.9 Å². The second-order valence-electron chi connectivity index (χ2n) is 3.12. The van der Waals surface area contributed by atoms with Gasteiger partial charge in [-0.05, 0) is 32.4 Å². The Balaban J connectivity index is 2.82. The highest BCUT2D eigenvalue weighted by Crippen LogP contribution is 2.18. The van der Waals surface area contributed by atoms with Gasteiger partial charge in [-0.25, -0.2) is 4.98 Å². The standard InChI is InChI=1S/C9H13BrN2/c1-6(2)12-9-4-8(10)7(3)5-11-9/h4-6H,1-3H3,(H,11,12). The quantitative estimate of drug-likeness (QED) is 0.843. The van der Waals surface area contributed by atoms with E-state index < -0.39 is 0 Å². The van der Waals surface area contributed by atoms with Crippen molar-refractivity contribution >= 4 is 21.7 Å². The summed E-state index contributed by atoms with van der Waals surface area (Å²) in [6.45, 7) is 6.21.